The third-order valence-corrected chi connectivity index (χ3v) is 6.08. The maximum atomic E-state index is 12.5. The van der Waals surface area contributed by atoms with Gasteiger partial charge in [-0.15, -0.1) is 0 Å². The summed E-state index contributed by atoms with van der Waals surface area (Å²) >= 11 is 0. The second-order valence-electron chi connectivity index (χ2n) is 8.09. The molecule has 30 heavy (non-hydrogen) atoms. The summed E-state index contributed by atoms with van der Waals surface area (Å²) in [6.07, 6.45) is 4.97. The van der Waals surface area contributed by atoms with Gasteiger partial charge in [0.25, 0.3) is 0 Å². The summed E-state index contributed by atoms with van der Waals surface area (Å²) < 4.78 is 6.76. The molecule has 1 fully saturated rings. The Balaban J connectivity index is 1.21. The number of urea groups is 1. The van der Waals surface area contributed by atoms with Crippen LogP contribution in [0.1, 0.15) is 42.7 Å². The highest BCUT2D eigenvalue weighted by Gasteiger charge is 2.24. The van der Waals surface area contributed by atoms with E-state index in [1.54, 1.807) is 11.6 Å². The first-order chi connectivity index (χ1) is 14.6. The fourth-order valence-corrected chi connectivity index (χ4v) is 4.22. The van der Waals surface area contributed by atoms with Crippen molar-refractivity contribution in [2.45, 2.75) is 38.0 Å². The zero-order valence-electron chi connectivity index (χ0n) is 17.5. The summed E-state index contributed by atoms with van der Waals surface area (Å²) in [6, 6.07) is 16.5. The summed E-state index contributed by atoms with van der Waals surface area (Å²) in [5, 5.41) is 3.06. The van der Waals surface area contributed by atoms with Gasteiger partial charge in [0.05, 0.1) is 5.52 Å². The third kappa shape index (κ3) is 4.58. The van der Waals surface area contributed by atoms with E-state index in [1.165, 1.54) is 11.1 Å². The normalized spacial score (nSPS) is 14.9. The number of nitrogens with zero attached hydrogens (tertiary/aromatic N) is 2. The lowest BCUT2D eigenvalue weighted by Crippen LogP contribution is -2.44. The van der Waals surface area contributed by atoms with Crippen molar-refractivity contribution in [3.8, 4) is 0 Å². The molecule has 0 atom stereocenters. The molecule has 1 aromatic heterocycles. The van der Waals surface area contributed by atoms with Gasteiger partial charge in [0, 0.05) is 26.7 Å². The van der Waals surface area contributed by atoms with Gasteiger partial charge in [-0.3, -0.25) is 4.57 Å². The first-order valence-electron chi connectivity index (χ1n) is 10.8. The standard InChI is InChI=1S/C24H29N3O3/c1-26-21-17-20(10-11-22(21)30-24(26)29)19-12-15-27(16-13-19)23(28)25-14-6-5-9-18-7-3-2-4-8-18/h2-4,7-8,10-11,17,19H,5-6,9,12-16H2,1H3,(H,25,28). The van der Waals surface area contributed by atoms with E-state index in [4.69, 9.17) is 4.42 Å². The molecule has 1 aliphatic heterocycles. The SMILES string of the molecule is Cn1c(=O)oc2ccc(C3CCN(C(=O)NCCCCc4ccccc4)CC3)cc21. The van der Waals surface area contributed by atoms with Crippen molar-refractivity contribution in [2.24, 2.45) is 7.05 Å². The van der Waals surface area contributed by atoms with Gasteiger partial charge in [-0.05, 0) is 61.3 Å². The number of piperidine rings is 1. The molecule has 0 unspecified atom stereocenters. The number of fused-ring (bicyclic) bond motifs is 1. The molecule has 6 heteroatoms. The maximum absolute atomic E-state index is 12.5. The number of aryl methyl sites for hydroxylation is 2. The number of likely N-dealkylation sites (tertiary alicyclic amines) is 1. The minimum atomic E-state index is -0.336. The third-order valence-electron chi connectivity index (χ3n) is 6.08. The largest absolute Gasteiger partial charge is 0.419 e. The van der Waals surface area contributed by atoms with E-state index in [0.717, 1.165) is 57.3 Å². The second kappa shape index (κ2) is 9.20. The quantitative estimate of drug-likeness (QED) is 0.627. The monoisotopic (exact) mass is 407 g/mol. The predicted molar refractivity (Wildman–Crippen MR) is 118 cm³/mol. The smallest absolute Gasteiger partial charge is 0.408 e. The van der Waals surface area contributed by atoms with Gasteiger partial charge < -0.3 is 14.6 Å². The van der Waals surface area contributed by atoms with Crippen LogP contribution in [0.3, 0.4) is 0 Å². The lowest BCUT2D eigenvalue weighted by molar-refractivity contribution is 0.181. The van der Waals surface area contributed by atoms with Crippen molar-refractivity contribution in [1.82, 2.24) is 14.8 Å². The summed E-state index contributed by atoms with van der Waals surface area (Å²) in [6.45, 7) is 2.22. The van der Waals surface area contributed by atoms with Gasteiger partial charge in [0.1, 0.15) is 0 Å². The van der Waals surface area contributed by atoms with Crippen LogP contribution in [0, 0.1) is 0 Å². The molecule has 1 N–H and O–H groups in total. The average Bonchev–Trinajstić information content (AvgIpc) is 3.07. The molecule has 2 heterocycles. The van der Waals surface area contributed by atoms with Crippen LogP contribution in [0.2, 0.25) is 0 Å². The van der Waals surface area contributed by atoms with Crippen LogP contribution in [0.4, 0.5) is 4.79 Å². The highest BCUT2D eigenvalue weighted by atomic mass is 16.4. The molecule has 2 amide bonds. The minimum absolute atomic E-state index is 0.0424. The van der Waals surface area contributed by atoms with Crippen LogP contribution in [0.15, 0.2) is 57.7 Å². The van der Waals surface area contributed by atoms with Gasteiger partial charge in [0.2, 0.25) is 0 Å². The molecule has 158 valence electrons. The fraction of sp³-hybridized carbons (Fsp3) is 0.417. The number of amides is 2. The molecule has 1 aliphatic rings. The molecule has 4 rings (SSSR count). The number of unbranched alkanes of at least 4 members (excludes halogenated alkanes) is 1. The Bertz CT molecular complexity index is 1050. The number of nitrogens with one attached hydrogen (secondary N) is 1. The van der Waals surface area contributed by atoms with Crippen LogP contribution in [0.25, 0.3) is 11.1 Å². The number of carbonyl (C=O) groups is 1. The molecule has 0 aliphatic carbocycles. The van der Waals surface area contributed by atoms with Gasteiger partial charge >= 0.3 is 11.8 Å². The Kier molecular flexibility index (Phi) is 6.21. The number of rotatable bonds is 6. The van der Waals surface area contributed by atoms with Gasteiger partial charge in [-0.25, -0.2) is 9.59 Å². The number of oxazole rings is 1. The van der Waals surface area contributed by atoms with Crippen molar-refractivity contribution >= 4 is 17.1 Å². The lowest BCUT2D eigenvalue weighted by atomic mass is 9.89. The number of benzene rings is 2. The Morgan fingerprint density at radius 3 is 2.63 bits per heavy atom. The Hall–Kier alpha value is -3.02. The van der Waals surface area contributed by atoms with Gasteiger partial charge in [0.15, 0.2) is 5.58 Å². The van der Waals surface area contributed by atoms with E-state index < -0.39 is 0 Å². The molecule has 1 saturated heterocycles. The average molecular weight is 408 g/mol. The zero-order valence-corrected chi connectivity index (χ0v) is 17.5. The van der Waals surface area contributed by atoms with Crippen molar-refractivity contribution in [1.29, 1.82) is 0 Å². The Morgan fingerprint density at radius 1 is 1.10 bits per heavy atom. The lowest BCUT2D eigenvalue weighted by Gasteiger charge is -2.32. The van der Waals surface area contributed by atoms with E-state index in [9.17, 15) is 9.59 Å². The van der Waals surface area contributed by atoms with Crippen LogP contribution in [0.5, 0.6) is 0 Å². The van der Waals surface area contributed by atoms with Crippen molar-refractivity contribution < 1.29 is 9.21 Å². The van der Waals surface area contributed by atoms with Crippen molar-refractivity contribution in [2.75, 3.05) is 19.6 Å². The van der Waals surface area contributed by atoms with E-state index >= 15 is 0 Å². The molecule has 0 saturated carbocycles. The molecule has 0 radical (unpaired) electrons. The van der Waals surface area contributed by atoms with Crippen LogP contribution < -0.4 is 11.1 Å². The second-order valence-corrected chi connectivity index (χ2v) is 8.09. The highest BCUT2D eigenvalue weighted by Crippen LogP contribution is 2.30. The zero-order chi connectivity index (χ0) is 20.9. The van der Waals surface area contributed by atoms with Gasteiger partial charge in [-0.1, -0.05) is 36.4 Å². The van der Waals surface area contributed by atoms with Crippen molar-refractivity contribution in [3.05, 3.63) is 70.2 Å². The van der Waals surface area contributed by atoms with Gasteiger partial charge in [-0.2, -0.15) is 0 Å². The molecule has 0 bridgehead atoms. The maximum Gasteiger partial charge on any atom is 0.419 e. The summed E-state index contributed by atoms with van der Waals surface area (Å²) in [4.78, 5) is 26.1. The number of hydrogen-bond acceptors (Lipinski definition) is 3. The summed E-state index contributed by atoms with van der Waals surface area (Å²) in [7, 11) is 1.73. The van der Waals surface area contributed by atoms with E-state index in [-0.39, 0.29) is 11.8 Å². The van der Waals surface area contributed by atoms with E-state index in [2.05, 4.69) is 29.6 Å². The number of aromatic nitrogens is 1. The van der Waals surface area contributed by atoms with Crippen molar-refractivity contribution in [3.63, 3.8) is 0 Å². The Morgan fingerprint density at radius 2 is 1.87 bits per heavy atom. The molecule has 3 aromatic rings. The minimum Gasteiger partial charge on any atom is -0.408 e. The van der Waals surface area contributed by atoms with E-state index in [1.807, 2.05) is 29.2 Å². The molecular formula is C24H29N3O3. The van der Waals surface area contributed by atoms with Crippen LogP contribution in [-0.4, -0.2) is 35.1 Å². The predicted octanol–water partition coefficient (Wildman–Crippen LogP) is 4.04. The highest BCUT2D eigenvalue weighted by molar-refractivity contribution is 5.75. The summed E-state index contributed by atoms with van der Waals surface area (Å²) in [5.41, 5.74) is 4.00. The number of hydrogen-bond donors (Lipinski definition) is 1. The topological polar surface area (TPSA) is 67.5 Å². The molecule has 0 spiro atoms. The first-order valence-corrected chi connectivity index (χ1v) is 10.8. The molecule has 2 aromatic carbocycles. The van der Waals surface area contributed by atoms with E-state index in [0.29, 0.717) is 11.5 Å². The molecular weight excluding hydrogens is 378 g/mol. The fourth-order valence-electron chi connectivity index (χ4n) is 4.22. The van der Waals surface area contributed by atoms with Crippen LogP contribution in [-0.2, 0) is 13.5 Å². The Labute approximate surface area is 176 Å². The summed E-state index contributed by atoms with van der Waals surface area (Å²) in [5.74, 6) is 0.0618. The first kappa shape index (κ1) is 20.3. The number of carbonyl (C=O) groups excluding carboxylic acids is 1. The van der Waals surface area contributed by atoms with Crippen LogP contribution >= 0.6 is 0 Å². The molecule has 6 nitrogen and oxygen atoms in total.